The van der Waals surface area contributed by atoms with E-state index in [-0.39, 0.29) is 0 Å². The van der Waals surface area contributed by atoms with Crippen LogP contribution in [0.5, 0.6) is 5.88 Å². The van der Waals surface area contributed by atoms with Gasteiger partial charge in [-0.1, -0.05) is 5.16 Å². The molecule has 0 atom stereocenters. The lowest BCUT2D eigenvalue weighted by Gasteiger charge is -2.09. The van der Waals surface area contributed by atoms with Crippen molar-refractivity contribution in [2.75, 3.05) is 7.11 Å². The Hall–Kier alpha value is -3.75. The third-order valence-corrected chi connectivity index (χ3v) is 6.46. The summed E-state index contributed by atoms with van der Waals surface area (Å²) in [6.45, 7) is 7.77. The second-order valence-corrected chi connectivity index (χ2v) is 8.85. The third kappa shape index (κ3) is 2.88. The number of fused-ring (bicyclic) bond motifs is 3. The number of aromatic amines is 1. The minimum absolute atomic E-state index is 0.509. The van der Waals surface area contributed by atoms with E-state index in [2.05, 4.69) is 10.1 Å². The molecule has 0 bridgehead atoms. The van der Waals surface area contributed by atoms with Gasteiger partial charge in [0.1, 0.15) is 22.7 Å². The number of ether oxygens (including phenoxy) is 1. The first-order valence-electron chi connectivity index (χ1n) is 11.1. The van der Waals surface area contributed by atoms with Crippen LogP contribution in [0, 0.1) is 27.7 Å². The summed E-state index contributed by atoms with van der Waals surface area (Å²) in [4.78, 5) is 18.0. The summed E-state index contributed by atoms with van der Waals surface area (Å²) >= 11 is 0. The van der Waals surface area contributed by atoms with Gasteiger partial charge in [0.25, 0.3) is 0 Å². The fraction of sp³-hybridized carbons (Fsp3) is 0.375. The number of hydrogen-bond acceptors (Lipinski definition) is 7. The van der Waals surface area contributed by atoms with Crippen LogP contribution in [0.2, 0.25) is 0 Å². The average molecular weight is 444 g/mol. The minimum Gasteiger partial charge on any atom is -0.481 e. The third-order valence-electron chi connectivity index (χ3n) is 6.46. The summed E-state index contributed by atoms with van der Waals surface area (Å²) in [6, 6.07) is 2.03. The number of aryl methyl sites for hydroxylation is 5. The second kappa shape index (κ2) is 6.87. The highest BCUT2D eigenvalue weighted by Gasteiger charge is 2.33. The Kier molecular flexibility index (Phi) is 4.14. The molecule has 0 aliphatic heterocycles. The molecule has 6 rings (SSSR count). The Bertz CT molecular complexity index is 1550. The van der Waals surface area contributed by atoms with Crippen molar-refractivity contribution in [3.63, 3.8) is 0 Å². The number of nitrogens with zero attached hydrogens (tertiary/aromatic N) is 6. The van der Waals surface area contributed by atoms with Crippen LogP contribution in [-0.2, 0) is 7.05 Å². The van der Waals surface area contributed by atoms with Gasteiger partial charge in [0.2, 0.25) is 5.88 Å². The normalized spacial score (nSPS) is 14.0. The van der Waals surface area contributed by atoms with E-state index in [1.807, 2.05) is 45.5 Å². The molecule has 5 aromatic rings. The maximum Gasteiger partial charge on any atom is 0.221 e. The first-order valence-corrected chi connectivity index (χ1v) is 11.1. The Balaban J connectivity index is 1.69. The lowest BCUT2D eigenvalue weighted by Crippen LogP contribution is -1.99. The van der Waals surface area contributed by atoms with Gasteiger partial charge in [-0.3, -0.25) is 4.68 Å². The lowest BCUT2D eigenvalue weighted by molar-refractivity contribution is 0.392. The van der Waals surface area contributed by atoms with Crippen molar-refractivity contribution in [1.29, 1.82) is 0 Å². The highest BCUT2D eigenvalue weighted by molar-refractivity contribution is 6.11. The standard InChI is InChI=1S/C24H25N7O2/c1-10-18(22(14-7-8-14)31(5)29-10)21-19-20-16(27-23(19)26-13(4)25-21)9-15(24(28-20)32-6)17-11(2)30-33-12(17)3/h9,14H,7-8H2,1-6H3,(H,25,26,27). The molecule has 5 heterocycles. The Labute approximate surface area is 190 Å². The molecule has 1 N–H and O–H groups in total. The van der Waals surface area contributed by atoms with E-state index < -0.39 is 0 Å². The van der Waals surface area contributed by atoms with Gasteiger partial charge in [-0.05, 0) is 46.6 Å². The van der Waals surface area contributed by atoms with Gasteiger partial charge >= 0.3 is 0 Å². The zero-order valence-corrected chi connectivity index (χ0v) is 19.6. The molecule has 0 saturated heterocycles. The quantitative estimate of drug-likeness (QED) is 0.430. The van der Waals surface area contributed by atoms with Crippen LogP contribution in [0.4, 0.5) is 0 Å². The van der Waals surface area contributed by atoms with E-state index >= 15 is 0 Å². The number of H-pyrrole nitrogens is 1. The molecule has 1 aliphatic carbocycles. The number of rotatable bonds is 4. The molecular weight excluding hydrogens is 418 g/mol. The Morgan fingerprint density at radius 3 is 2.52 bits per heavy atom. The van der Waals surface area contributed by atoms with E-state index in [9.17, 15) is 0 Å². The van der Waals surface area contributed by atoms with Crippen LogP contribution in [0.1, 0.15) is 47.4 Å². The van der Waals surface area contributed by atoms with Gasteiger partial charge in [0.05, 0.1) is 51.9 Å². The van der Waals surface area contributed by atoms with Crippen LogP contribution in [0.3, 0.4) is 0 Å². The number of pyridine rings is 1. The van der Waals surface area contributed by atoms with Gasteiger partial charge in [-0.2, -0.15) is 5.10 Å². The minimum atomic E-state index is 0.509. The zero-order chi connectivity index (χ0) is 23.0. The second-order valence-electron chi connectivity index (χ2n) is 8.85. The molecule has 33 heavy (non-hydrogen) atoms. The molecule has 1 fully saturated rings. The molecule has 9 nitrogen and oxygen atoms in total. The predicted octanol–water partition coefficient (Wildman–Crippen LogP) is 4.68. The fourth-order valence-corrected chi connectivity index (χ4v) is 4.97. The van der Waals surface area contributed by atoms with Gasteiger partial charge in [0.15, 0.2) is 0 Å². The Morgan fingerprint density at radius 2 is 1.85 bits per heavy atom. The summed E-state index contributed by atoms with van der Waals surface area (Å²) in [5, 5.41) is 9.72. The van der Waals surface area contributed by atoms with E-state index in [1.165, 1.54) is 18.5 Å². The number of nitrogens with one attached hydrogen (secondary N) is 1. The molecular formula is C24H25N7O2. The van der Waals surface area contributed by atoms with Crippen LogP contribution >= 0.6 is 0 Å². The molecule has 0 radical (unpaired) electrons. The van der Waals surface area contributed by atoms with Crippen LogP contribution in [-0.4, -0.2) is 42.0 Å². The zero-order valence-electron chi connectivity index (χ0n) is 19.6. The van der Waals surface area contributed by atoms with Crippen molar-refractivity contribution < 1.29 is 9.26 Å². The topological polar surface area (TPSA) is 108 Å². The molecule has 0 amide bonds. The van der Waals surface area contributed by atoms with Gasteiger partial charge in [-0.25, -0.2) is 15.0 Å². The maximum absolute atomic E-state index is 5.72. The fourth-order valence-electron chi connectivity index (χ4n) is 4.97. The molecule has 1 aliphatic rings. The molecule has 0 aromatic carbocycles. The molecule has 0 unspecified atom stereocenters. The van der Waals surface area contributed by atoms with E-state index in [0.29, 0.717) is 17.6 Å². The molecule has 168 valence electrons. The number of methoxy groups -OCH3 is 1. The van der Waals surface area contributed by atoms with E-state index in [0.717, 1.165) is 61.6 Å². The smallest absolute Gasteiger partial charge is 0.221 e. The van der Waals surface area contributed by atoms with Gasteiger partial charge < -0.3 is 14.2 Å². The van der Waals surface area contributed by atoms with Crippen molar-refractivity contribution in [3.8, 4) is 28.3 Å². The molecule has 9 heteroatoms. The van der Waals surface area contributed by atoms with Crippen molar-refractivity contribution in [1.82, 2.24) is 34.9 Å². The van der Waals surface area contributed by atoms with Crippen molar-refractivity contribution >= 4 is 22.1 Å². The summed E-state index contributed by atoms with van der Waals surface area (Å²) in [7, 11) is 3.64. The van der Waals surface area contributed by atoms with E-state index in [1.54, 1.807) is 7.11 Å². The summed E-state index contributed by atoms with van der Waals surface area (Å²) < 4.78 is 13.1. The van der Waals surface area contributed by atoms with Crippen LogP contribution in [0.15, 0.2) is 10.6 Å². The highest BCUT2D eigenvalue weighted by atomic mass is 16.5. The van der Waals surface area contributed by atoms with Crippen LogP contribution < -0.4 is 4.74 Å². The predicted molar refractivity (Wildman–Crippen MR) is 124 cm³/mol. The molecule has 0 spiro atoms. The monoisotopic (exact) mass is 443 g/mol. The average Bonchev–Trinajstić information content (AvgIpc) is 3.37. The SMILES string of the molecule is COc1nc2c(cc1-c1c(C)noc1C)[nH]c1nc(C)nc(-c3c(C)nn(C)c3C3CC3)c12. The molecule has 5 aromatic heterocycles. The summed E-state index contributed by atoms with van der Waals surface area (Å²) in [5.41, 5.74) is 9.06. The first kappa shape index (κ1) is 19.9. The number of hydrogen-bond donors (Lipinski definition) is 1. The Morgan fingerprint density at radius 1 is 1.06 bits per heavy atom. The highest BCUT2D eigenvalue weighted by Crippen LogP contribution is 2.47. The summed E-state index contributed by atoms with van der Waals surface area (Å²) in [6.07, 6.45) is 2.36. The van der Waals surface area contributed by atoms with Crippen molar-refractivity contribution in [2.45, 2.75) is 46.5 Å². The summed E-state index contributed by atoms with van der Waals surface area (Å²) in [5.74, 6) is 2.46. The molecule has 1 saturated carbocycles. The van der Waals surface area contributed by atoms with Crippen LogP contribution in [0.25, 0.3) is 44.5 Å². The van der Waals surface area contributed by atoms with Crippen molar-refractivity contribution in [2.24, 2.45) is 7.05 Å². The van der Waals surface area contributed by atoms with Gasteiger partial charge in [0, 0.05) is 18.5 Å². The van der Waals surface area contributed by atoms with E-state index in [4.69, 9.17) is 29.3 Å². The van der Waals surface area contributed by atoms with Crippen molar-refractivity contribution in [3.05, 3.63) is 34.7 Å². The maximum atomic E-state index is 5.72. The first-order chi connectivity index (χ1) is 15.9. The number of aromatic nitrogens is 7. The lowest BCUT2D eigenvalue weighted by atomic mass is 10.0. The largest absolute Gasteiger partial charge is 0.481 e. The van der Waals surface area contributed by atoms with Gasteiger partial charge in [-0.15, -0.1) is 0 Å².